The molecule has 0 unspecified atom stereocenters. The van der Waals surface area contributed by atoms with E-state index in [4.69, 9.17) is 5.21 Å². The zero-order valence-corrected chi connectivity index (χ0v) is 8.08. The standard InChI is InChI=1S/C6H13NO2S2/c1-2-6(7-9)11-10-5-3-4-8/h4,6-7,9H,2-3,5H2,1H3/t6-/m1/s1. The van der Waals surface area contributed by atoms with Gasteiger partial charge in [0.25, 0.3) is 0 Å². The van der Waals surface area contributed by atoms with Crippen LogP contribution < -0.4 is 5.48 Å². The van der Waals surface area contributed by atoms with E-state index in [1.54, 1.807) is 21.6 Å². The van der Waals surface area contributed by atoms with Crippen LogP contribution in [0.4, 0.5) is 0 Å². The van der Waals surface area contributed by atoms with Crippen LogP contribution in [0.3, 0.4) is 0 Å². The van der Waals surface area contributed by atoms with Crippen molar-refractivity contribution in [2.75, 3.05) is 5.75 Å². The smallest absolute Gasteiger partial charge is 0.120 e. The Hall–Kier alpha value is 0.290. The Morgan fingerprint density at radius 1 is 1.73 bits per heavy atom. The van der Waals surface area contributed by atoms with E-state index < -0.39 is 0 Å². The third kappa shape index (κ3) is 6.68. The fourth-order valence-electron chi connectivity index (χ4n) is 0.407. The van der Waals surface area contributed by atoms with Crippen molar-refractivity contribution in [3.63, 3.8) is 0 Å². The van der Waals surface area contributed by atoms with Crippen LogP contribution in [-0.4, -0.2) is 22.6 Å². The molecule has 0 heterocycles. The lowest BCUT2D eigenvalue weighted by Crippen LogP contribution is -2.19. The average molecular weight is 195 g/mol. The van der Waals surface area contributed by atoms with Gasteiger partial charge in [-0.1, -0.05) is 28.5 Å². The Balaban J connectivity index is 3.13. The monoisotopic (exact) mass is 195 g/mol. The highest BCUT2D eigenvalue weighted by molar-refractivity contribution is 8.76. The Labute approximate surface area is 74.7 Å². The summed E-state index contributed by atoms with van der Waals surface area (Å²) in [5.41, 5.74) is 2.18. The molecule has 0 aromatic rings. The van der Waals surface area contributed by atoms with E-state index in [1.165, 1.54) is 0 Å². The second kappa shape index (κ2) is 8.39. The molecule has 0 aliphatic rings. The third-order valence-corrected chi connectivity index (χ3v) is 3.83. The van der Waals surface area contributed by atoms with Gasteiger partial charge in [0.1, 0.15) is 6.29 Å². The van der Waals surface area contributed by atoms with Gasteiger partial charge in [-0.15, -0.1) is 0 Å². The Morgan fingerprint density at radius 2 is 2.45 bits per heavy atom. The van der Waals surface area contributed by atoms with Crippen LogP contribution >= 0.6 is 21.6 Å². The first-order valence-electron chi connectivity index (χ1n) is 3.46. The third-order valence-electron chi connectivity index (χ3n) is 1.02. The molecule has 0 saturated carbocycles. The zero-order chi connectivity index (χ0) is 8.53. The number of hydrogen-bond acceptors (Lipinski definition) is 5. The Kier molecular flexibility index (Phi) is 8.61. The molecular weight excluding hydrogens is 182 g/mol. The van der Waals surface area contributed by atoms with E-state index in [0.29, 0.717) is 6.42 Å². The maximum absolute atomic E-state index is 9.90. The zero-order valence-electron chi connectivity index (χ0n) is 6.45. The lowest BCUT2D eigenvalue weighted by molar-refractivity contribution is -0.107. The maximum atomic E-state index is 9.90. The summed E-state index contributed by atoms with van der Waals surface area (Å²) in [4.78, 5) is 9.90. The van der Waals surface area contributed by atoms with Gasteiger partial charge in [0, 0.05) is 12.2 Å². The van der Waals surface area contributed by atoms with Gasteiger partial charge in [0.05, 0.1) is 5.37 Å². The summed E-state index contributed by atoms with van der Waals surface area (Å²) < 4.78 is 0. The first-order valence-corrected chi connectivity index (χ1v) is 5.84. The Morgan fingerprint density at radius 3 is 2.91 bits per heavy atom. The van der Waals surface area contributed by atoms with Gasteiger partial charge < -0.3 is 10.0 Å². The van der Waals surface area contributed by atoms with Gasteiger partial charge in [0.15, 0.2) is 0 Å². The number of hydrogen-bond donors (Lipinski definition) is 2. The summed E-state index contributed by atoms with van der Waals surface area (Å²) in [6.07, 6.45) is 2.36. The number of carbonyl (C=O) groups is 1. The molecule has 0 rings (SSSR count). The van der Waals surface area contributed by atoms with Crippen LogP contribution in [0.2, 0.25) is 0 Å². The van der Waals surface area contributed by atoms with E-state index in [0.717, 1.165) is 18.5 Å². The molecule has 0 aromatic carbocycles. The summed E-state index contributed by atoms with van der Waals surface area (Å²) >= 11 is 0. The molecule has 2 N–H and O–H groups in total. The fraction of sp³-hybridized carbons (Fsp3) is 0.833. The molecular formula is C6H13NO2S2. The SMILES string of the molecule is CC[C@H](NO)SSCCC=O. The molecule has 11 heavy (non-hydrogen) atoms. The van der Waals surface area contributed by atoms with Gasteiger partial charge >= 0.3 is 0 Å². The van der Waals surface area contributed by atoms with Crippen molar-refractivity contribution in [2.45, 2.75) is 25.1 Å². The summed E-state index contributed by atoms with van der Waals surface area (Å²) in [6, 6.07) is 0. The average Bonchev–Trinajstić information content (AvgIpc) is 2.05. The molecule has 0 radical (unpaired) electrons. The first-order chi connectivity index (χ1) is 5.35. The number of aldehydes is 1. The van der Waals surface area contributed by atoms with Crippen molar-refractivity contribution in [3.8, 4) is 0 Å². The maximum Gasteiger partial charge on any atom is 0.120 e. The molecule has 0 aliphatic carbocycles. The van der Waals surface area contributed by atoms with Crippen molar-refractivity contribution < 1.29 is 10.0 Å². The minimum atomic E-state index is 0.0756. The van der Waals surface area contributed by atoms with Crippen molar-refractivity contribution in [3.05, 3.63) is 0 Å². The van der Waals surface area contributed by atoms with E-state index in [1.807, 2.05) is 6.92 Å². The van der Waals surface area contributed by atoms with Crippen molar-refractivity contribution in [1.82, 2.24) is 5.48 Å². The Bertz CT molecular complexity index is 98.6. The lowest BCUT2D eigenvalue weighted by atomic mass is 10.5. The van der Waals surface area contributed by atoms with E-state index in [2.05, 4.69) is 5.48 Å². The number of nitrogens with one attached hydrogen (secondary N) is 1. The van der Waals surface area contributed by atoms with Crippen molar-refractivity contribution >= 4 is 27.9 Å². The lowest BCUT2D eigenvalue weighted by Gasteiger charge is -2.09. The normalized spacial score (nSPS) is 12.9. The molecule has 5 heteroatoms. The number of hydroxylamine groups is 1. The van der Waals surface area contributed by atoms with Gasteiger partial charge in [-0.3, -0.25) is 0 Å². The molecule has 0 saturated heterocycles. The molecule has 0 amide bonds. The van der Waals surface area contributed by atoms with E-state index in [-0.39, 0.29) is 5.37 Å². The van der Waals surface area contributed by atoms with Crippen LogP contribution in [0.15, 0.2) is 0 Å². The predicted molar refractivity (Wildman–Crippen MR) is 49.7 cm³/mol. The largest absolute Gasteiger partial charge is 0.316 e. The molecule has 0 aliphatic heterocycles. The predicted octanol–water partition coefficient (Wildman–Crippen LogP) is 1.67. The topological polar surface area (TPSA) is 49.3 Å². The molecule has 0 bridgehead atoms. The van der Waals surface area contributed by atoms with Crippen molar-refractivity contribution in [1.29, 1.82) is 0 Å². The van der Waals surface area contributed by atoms with Gasteiger partial charge in [0.2, 0.25) is 0 Å². The summed E-state index contributed by atoms with van der Waals surface area (Å²) in [7, 11) is 3.16. The molecule has 0 fully saturated rings. The van der Waals surface area contributed by atoms with Gasteiger partial charge in [-0.2, -0.15) is 5.48 Å². The molecule has 1 atom stereocenters. The molecule has 0 spiro atoms. The molecule has 0 aromatic heterocycles. The minimum absolute atomic E-state index is 0.0756. The van der Waals surface area contributed by atoms with Crippen LogP contribution in [0, 0.1) is 0 Å². The highest BCUT2D eigenvalue weighted by atomic mass is 33.1. The highest BCUT2D eigenvalue weighted by Gasteiger charge is 2.03. The van der Waals surface area contributed by atoms with Crippen LogP contribution in [0.25, 0.3) is 0 Å². The van der Waals surface area contributed by atoms with Crippen LogP contribution in [0.5, 0.6) is 0 Å². The van der Waals surface area contributed by atoms with E-state index in [9.17, 15) is 4.79 Å². The minimum Gasteiger partial charge on any atom is -0.316 e. The van der Waals surface area contributed by atoms with Crippen molar-refractivity contribution in [2.24, 2.45) is 0 Å². The van der Waals surface area contributed by atoms with E-state index >= 15 is 0 Å². The summed E-state index contributed by atoms with van der Waals surface area (Å²) in [6.45, 7) is 1.99. The molecule has 3 nitrogen and oxygen atoms in total. The summed E-state index contributed by atoms with van der Waals surface area (Å²) in [5, 5.41) is 8.60. The number of carbonyl (C=O) groups excluding carboxylic acids is 1. The van der Waals surface area contributed by atoms with Crippen LogP contribution in [0.1, 0.15) is 19.8 Å². The van der Waals surface area contributed by atoms with Gasteiger partial charge in [-0.25, -0.2) is 0 Å². The fourth-order valence-corrected chi connectivity index (χ4v) is 2.65. The second-order valence-corrected chi connectivity index (χ2v) is 4.59. The molecule has 66 valence electrons. The second-order valence-electron chi connectivity index (χ2n) is 1.90. The quantitative estimate of drug-likeness (QED) is 0.213. The first kappa shape index (κ1) is 11.3. The van der Waals surface area contributed by atoms with Crippen LogP contribution in [-0.2, 0) is 4.79 Å². The number of rotatable bonds is 7. The summed E-state index contributed by atoms with van der Waals surface area (Å²) in [5.74, 6) is 0.812. The van der Waals surface area contributed by atoms with Gasteiger partial charge in [-0.05, 0) is 6.42 Å². The highest BCUT2D eigenvalue weighted by Crippen LogP contribution is 2.26.